The Morgan fingerprint density at radius 1 is 1.15 bits per heavy atom. The van der Waals surface area contributed by atoms with Crippen LogP contribution in [0.2, 0.25) is 5.02 Å². The molecule has 0 radical (unpaired) electrons. The summed E-state index contributed by atoms with van der Waals surface area (Å²) in [4.78, 5) is 37.1. The number of amides is 1. The van der Waals surface area contributed by atoms with Gasteiger partial charge in [0.1, 0.15) is 17.3 Å². The second-order valence-electron chi connectivity index (χ2n) is 8.11. The number of likely N-dealkylation sites (tertiary alicyclic amines) is 1. The number of piperidine rings is 1. The van der Waals surface area contributed by atoms with Crippen molar-refractivity contribution >= 4 is 34.4 Å². The van der Waals surface area contributed by atoms with Crippen LogP contribution in [0.1, 0.15) is 19.3 Å². The fourth-order valence-corrected chi connectivity index (χ4v) is 4.43. The van der Waals surface area contributed by atoms with Gasteiger partial charge in [-0.15, -0.1) is 0 Å². The third-order valence-electron chi connectivity index (χ3n) is 5.96. The van der Waals surface area contributed by atoms with Gasteiger partial charge in [0.15, 0.2) is 5.82 Å². The minimum absolute atomic E-state index is 0.0140. The van der Waals surface area contributed by atoms with Gasteiger partial charge in [0.25, 0.3) is 0 Å². The first kappa shape index (κ1) is 22.1. The quantitative estimate of drug-likeness (QED) is 0.370. The number of carbonyl (C=O) groups excluding carboxylic acids is 1. The molecule has 0 saturated carbocycles. The molecule has 0 atom stereocenters. The standard InChI is InChI=1S/C23H21ClF2N6O2/c24-14-5-6-15(25)19(20(14)26)21-22(27-11-18(33)31-8-2-1-3-9-31)30-23(34)32(21)13-4-7-16-17(10-13)29-12-28-16/h4-7,10,12,27H,1-3,8-9,11H2,(H,28,29)(H,30,34). The Labute approximate surface area is 197 Å². The van der Waals surface area contributed by atoms with Gasteiger partial charge in [0.2, 0.25) is 5.91 Å². The molecular formula is C23H21ClF2N6O2. The van der Waals surface area contributed by atoms with Gasteiger partial charge in [-0.05, 0) is 49.6 Å². The largest absolute Gasteiger partial charge is 0.361 e. The number of imidazole rings is 2. The lowest BCUT2D eigenvalue weighted by Crippen LogP contribution is -2.39. The van der Waals surface area contributed by atoms with Crippen LogP contribution in [-0.4, -0.2) is 50.0 Å². The molecule has 1 aliphatic rings. The zero-order valence-corrected chi connectivity index (χ0v) is 18.8. The number of halogens is 3. The van der Waals surface area contributed by atoms with Crippen LogP contribution in [0, 0.1) is 11.6 Å². The molecule has 8 nitrogen and oxygen atoms in total. The van der Waals surface area contributed by atoms with E-state index >= 15 is 4.39 Å². The van der Waals surface area contributed by atoms with Gasteiger partial charge < -0.3 is 15.2 Å². The van der Waals surface area contributed by atoms with Crippen LogP contribution < -0.4 is 11.0 Å². The predicted octanol–water partition coefficient (Wildman–Crippen LogP) is 4.06. The average molecular weight is 487 g/mol. The van der Waals surface area contributed by atoms with Crippen LogP contribution >= 0.6 is 11.6 Å². The fraction of sp³-hybridized carbons (Fsp3) is 0.261. The highest BCUT2D eigenvalue weighted by molar-refractivity contribution is 6.31. The number of aromatic amines is 2. The molecule has 5 rings (SSSR count). The van der Waals surface area contributed by atoms with E-state index in [1.54, 1.807) is 23.1 Å². The van der Waals surface area contributed by atoms with Gasteiger partial charge in [0.05, 0.1) is 40.2 Å². The van der Waals surface area contributed by atoms with E-state index in [-0.39, 0.29) is 29.0 Å². The number of anilines is 1. The molecule has 4 aromatic rings. The molecular weight excluding hydrogens is 466 g/mol. The van der Waals surface area contributed by atoms with E-state index in [0.29, 0.717) is 29.8 Å². The van der Waals surface area contributed by atoms with Crippen molar-refractivity contribution in [1.29, 1.82) is 0 Å². The highest BCUT2D eigenvalue weighted by atomic mass is 35.5. The van der Waals surface area contributed by atoms with Crippen LogP contribution in [0.5, 0.6) is 0 Å². The van der Waals surface area contributed by atoms with Gasteiger partial charge in [-0.25, -0.2) is 18.6 Å². The van der Waals surface area contributed by atoms with Crippen molar-refractivity contribution in [3.8, 4) is 16.9 Å². The summed E-state index contributed by atoms with van der Waals surface area (Å²) in [5, 5.41) is 2.59. The molecule has 11 heteroatoms. The van der Waals surface area contributed by atoms with Crippen LogP contribution in [0.4, 0.5) is 14.6 Å². The molecule has 2 aromatic carbocycles. The maximum Gasteiger partial charge on any atom is 0.332 e. The summed E-state index contributed by atoms with van der Waals surface area (Å²) >= 11 is 5.95. The number of H-pyrrole nitrogens is 2. The van der Waals surface area contributed by atoms with Crippen molar-refractivity contribution in [3.05, 3.63) is 63.8 Å². The number of nitrogens with zero attached hydrogens (tertiary/aromatic N) is 3. The smallest absolute Gasteiger partial charge is 0.332 e. The average Bonchev–Trinajstić information content (AvgIpc) is 3.44. The third-order valence-corrected chi connectivity index (χ3v) is 6.26. The maximum absolute atomic E-state index is 15.1. The van der Waals surface area contributed by atoms with Gasteiger partial charge in [-0.3, -0.25) is 14.3 Å². The summed E-state index contributed by atoms with van der Waals surface area (Å²) in [6.07, 6.45) is 4.44. The monoisotopic (exact) mass is 486 g/mol. The molecule has 3 heterocycles. The molecule has 176 valence electrons. The van der Waals surface area contributed by atoms with Gasteiger partial charge in [0, 0.05) is 13.1 Å². The van der Waals surface area contributed by atoms with Gasteiger partial charge >= 0.3 is 5.69 Å². The lowest BCUT2D eigenvalue weighted by Gasteiger charge is -2.26. The molecule has 0 aliphatic carbocycles. The Morgan fingerprint density at radius 3 is 2.74 bits per heavy atom. The van der Waals surface area contributed by atoms with Crippen molar-refractivity contribution in [2.24, 2.45) is 0 Å². The SMILES string of the molecule is O=C(CNc1[nH]c(=O)n(-c2ccc3nc[nH]c3c2)c1-c1c(F)ccc(Cl)c1F)N1CCCCC1. The van der Waals surface area contributed by atoms with Crippen molar-refractivity contribution in [2.45, 2.75) is 19.3 Å². The normalized spacial score (nSPS) is 14.0. The van der Waals surface area contributed by atoms with E-state index in [0.717, 1.165) is 36.0 Å². The number of fused-ring (bicyclic) bond motifs is 1. The lowest BCUT2D eigenvalue weighted by atomic mass is 10.1. The van der Waals surface area contributed by atoms with Crippen molar-refractivity contribution in [2.75, 3.05) is 25.0 Å². The lowest BCUT2D eigenvalue weighted by molar-refractivity contribution is -0.130. The number of hydrogen-bond acceptors (Lipinski definition) is 4. The molecule has 3 N–H and O–H groups in total. The zero-order valence-electron chi connectivity index (χ0n) is 18.0. The first-order valence-electron chi connectivity index (χ1n) is 10.9. The summed E-state index contributed by atoms with van der Waals surface area (Å²) in [6, 6.07) is 7.08. The molecule has 1 saturated heterocycles. The number of carbonyl (C=O) groups is 1. The number of benzene rings is 2. The van der Waals surface area contributed by atoms with E-state index in [1.165, 1.54) is 6.33 Å². The van der Waals surface area contributed by atoms with E-state index in [4.69, 9.17) is 11.6 Å². The summed E-state index contributed by atoms with van der Waals surface area (Å²) in [6.45, 7) is 1.18. The Kier molecular flexibility index (Phi) is 5.82. The van der Waals surface area contributed by atoms with E-state index < -0.39 is 22.9 Å². The van der Waals surface area contributed by atoms with Crippen LogP contribution in [-0.2, 0) is 4.79 Å². The minimum Gasteiger partial charge on any atom is -0.361 e. The van der Waals surface area contributed by atoms with E-state index in [1.807, 2.05) is 0 Å². The Hall–Kier alpha value is -3.66. The van der Waals surface area contributed by atoms with Crippen LogP contribution in [0.3, 0.4) is 0 Å². The second-order valence-corrected chi connectivity index (χ2v) is 8.51. The van der Waals surface area contributed by atoms with Crippen molar-refractivity contribution in [1.82, 2.24) is 24.4 Å². The predicted molar refractivity (Wildman–Crippen MR) is 125 cm³/mol. The summed E-state index contributed by atoms with van der Waals surface area (Å²) < 4.78 is 31.2. The minimum atomic E-state index is -1.01. The Bertz CT molecular complexity index is 1440. The molecule has 1 aliphatic heterocycles. The fourth-order valence-electron chi connectivity index (χ4n) is 4.27. The van der Waals surface area contributed by atoms with Gasteiger partial charge in [-0.2, -0.15) is 0 Å². The van der Waals surface area contributed by atoms with Gasteiger partial charge in [-0.1, -0.05) is 11.6 Å². The van der Waals surface area contributed by atoms with Crippen molar-refractivity contribution < 1.29 is 13.6 Å². The number of hydrogen-bond donors (Lipinski definition) is 3. The summed E-state index contributed by atoms with van der Waals surface area (Å²) in [5.74, 6) is -2.06. The molecule has 34 heavy (non-hydrogen) atoms. The second kappa shape index (κ2) is 8.94. The van der Waals surface area contributed by atoms with Crippen molar-refractivity contribution in [3.63, 3.8) is 0 Å². The van der Waals surface area contributed by atoms with E-state index in [9.17, 15) is 14.0 Å². The highest BCUT2D eigenvalue weighted by Gasteiger charge is 2.26. The number of nitrogens with one attached hydrogen (secondary N) is 3. The first-order chi connectivity index (χ1) is 16.4. The third kappa shape index (κ3) is 3.94. The Morgan fingerprint density at radius 2 is 1.94 bits per heavy atom. The molecule has 0 unspecified atom stereocenters. The summed E-state index contributed by atoms with van der Waals surface area (Å²) in [5.41, 5.74) is 0.428. The maximum atomic E-state index is 15.1. The van der Waals surface area contributed by atoms with E-state index in [2.05, 4.69) is 20.3 Å². The molecule has 1 fully saturated rings. The highest BCUT2D eigenvalue weighted by Crippen LogP contribution is 2.35. The zero-order chi connectivity index (χ0) is 23.8. The number of aromatic nitrogens is 4. The van der Waals surface area contributed by atoms with Crippen LogP contribution in [0.25, 0.3) is 28.0 Å². The number of rotatable bonds is 5. The summed E-state index contributed by atoms with van der Waals surface area (Å²) in [7, 11) is 0. The molecule has 0 spiro atoms. The molecule has 1 amide bonds. The molecule has 0 bridgehead atoms. The first-order valence-corrected chi connectivity index (χ1v) is 11.3. The molecule has 2 aromatic heterocycles. The Balaban J connectivity index is 1.62. The van der Waals surface area contributed by atoms with Crippen LogP contribution in [0.15, 0.2) is 41.5 Å². The topological polar surface area (TPSA) is 98.8 Å².